The van der Waals surface area contributed by atoms with Crippen molar-refractivity contribution in [1.82, 2.24) is 5.32 Å². The molecule has 0 aliphatic rings. The summed E-state index contributed by atoms with van der Waals surface area (Å²) in [5, 5.41) is 11.7. The van der Waals surface area contributed by atoms with Gasteiger partial charge in [-0.3, -0.25) is 4.79 Å². The first-order chi connectivity index (χ1) is 9.69. The van der Waals surface area contributed by atoms with Crippen molar-refractivity contribution in [1.29, 1.82) is 0 Å². The van der Waals surface area contributed by atoms with Crippen LogP contribution in [0, 0.1) is 18.8 Å². The average molecular weight is 273 g/mol. The third kappa shape index (κ3) is 5.46. The normalized spacial score (nSPS) is 9.75. The van der Waals surface area contributed by atoms with Gasteiger partial charge in [-0.25, -0.2) is 0 Å². The van der Waals surface area contributed by atoms with Gasteiger partial charge in [-0.2, -0.15) is 0 Å². The zero-order chi connectivity index (χ0) is 14.8. The molecular weight excluding hydrogens is 250 g/mol. The van der Waals surface area contributed by atoms with Crippen LogP contribution in [0.5, 0.6) is 0 Å². The number of carbonyl (C=O) groups is 1. The second-order valence-electron chi connectivity index (χ2n) is 4.83. The van der Waals surface area contributed by atoms with Crippen LogP contribution in [0.1, 0.15) is 54.1 Å². The Labute approximate surface area is 121 Å². The molecule has 1 aromatic carbocycles. The number of aliphatic hydroxyl groups is 1. The predicted molar refractivity (Wildman–Crippen MR) is 81.6 cm³/mol. The number of carbonyl (C=O) groups excluding carboxylic acids is 1. The van der Waals surface area contributed by atoms with Gasteiger partial charge in [0.1, 0.15) is 6.61 Å². The van der Waals surface area contributed by atoms with Crippen molar-refractivity contribution < 1.29 is 9.90 Å². The van der Waals surface area contributed by atoms with Gasteiger partial charge in [0.2, 0.25) is 0 Å². The molecule has 0 saturated heterocycles. The first-order valence-corrected chi connectivity index (χ1v) is 7.17. The van der Waals surface area contributed by atoms with Crippen molar-refractivity contribution in [2.24, 2.45) is 0 Å². The number of nitrogens with one attached hydrogen (secondary N) is 1. The molecule has 0 fully saturated rings. The molecule has 0 heterocycles. The molecule has 0 spiro atoms. The molecule has 0 aromatic heterocycles. The number of unbranched alkanes of at least 4 members (excludes halogenated alkanes) is 3. The minimum atomic E-state index is -0.202. The molecule has 3 nitrogen and oxygen atoms in total. The van der Waals surface area contributed by atoms with Crippen LogP contribution in [-0.4, -0.2) is 24.2 Å². The van der Waals surface area contributed by atoms with E-state index in [0.717, 1.165) is 18.4 Å². The van der Waals surface area contributed by atoms with E-state index in [-0.39, 0.29) is 12.5 Å². The molecule has 3 heteroatoms. The highest BCUT2D eigenvalue weighted by molar-refractivity contribution is 5.96. The van der Waals surface area contributed by atoms with E-state index in [0.29, 0.717) is 17.7 Å². The van der Waals surface area contributed by atoms with Crippen molar-refractivity contribution in [2.45, 2.75) is 39.5 Å². The van der Waals surface area contributed by atoms with Gasteiger partial charge in [0.05, 0.1) is 5.56 Å². The van der Waals surface area contributed by atoms with Gasteiger partial charge in [-0.05, 0) is 25.5 Å². The number of hydrogen-bond donors (Lipinski definition) is 2. The Morgan fingerprint density at radius 1 is 1.30 bits per heavy atom. The minimum absolute atomic E-state index is 0.0903. The Hall–Kier alpha value is -1.79. The molecule has 1 aromatic rings. The largest absolute Gasteiger partial charge is 0.384 e. The predicted octanol–water partition coefficient (Wildman–Crippen LogP) is 2.65. The molecule has 20 heavy (non-hydrogen) atoms. The second-order valence-corrected chi connectivity index (χ2v) is 4.83. The molecule has 1 rings (SSSR count). The summed E-state index contributed by atoms with van der Waals surface area (Å²) in [4.78, 5) is 12.2. The van der Waals surface area contributed by atoms with Crippen molar-refractivity contribution >= 4 is 5.91 Å². The molecule has 0 atom stereocenters. The summed E-state index contributed by atoms with van der Waals surface area (Å²) in [5.74, 6) is 5.32. The summed E-state index contributed by atoms with van der Waals surface area (Å²) in [5.41, 5.74) is 2.27. The Morgan fingerprint density at radius 3 is 2.80 bits per heavy atom. The SMILES string of the molecule is CCCCCCNC(=O)c1cc(C)ccc1C#CCO. The highest BCUT2D eigenvalue weighted by atomic mass is 16.2. The summed E-state index contributed by atoms with van der Waals surface area (Å²) >= 11 is 0. The van der Waals surface area contributed by atoms with E-state index in [9.17, 15) is 4.79 Å². The summed E-state index contributed by atoms with van der Waals surface area (Å²) in [6.45, 7) is 4.60. The van der Waals surface area contributed by atoms with Crippen LogP contribution in [0.3, 0.4) is 0 Å². The van der Waals surface area contributed by atoms with E-state index >= 15 is 0 Å². The average Bonchev–Trinajstić information content (AvgIpc) is 2.45. The zero-order valence-corrected chi connectivity index (χ0v) is 12.3. The van der Waals surface area contributed by atoms with E-state index in [4.69, 9.17) is 5.11 Å². The van der Waals surface area contributed by atoms with Crippen molar-refractivity contribution in [2.75, 3.05) is 13.2 Å². The molecule has 0 radical (unpaired) electrons. The first-order valence-electron chi connectivity index (χ1n) is 7.17. The fraction of sp³-hybridized carbons (Fsp3) is 0.471. The lowest BCUT2D eigenvalue weighted by atomic mass is 10.0. The van der Waals surface area contributed by atoms with Gasteiger partial charge < -0.3 is 10.4 Å². The molecule has 0 aliphatic carbocycles. The molecule has 0 aliphatic heterocycles. The minimum Gasteiger partial charge on any atom is -0.384 e. The monoisotopic (exact) mass is 273 g/mol. The van der Waals surface area contributed by atoms with Crippen LogP contribution in [-0.2, 0) is 0 Å². The summed E-state index contributed by atoms with van der Waals surface area (Å²) < 4.78 is 0. The first kappa shape index (κ1) is 16.3. The van der Waals surface area contributed by atoms with Crippen LogP contribution in [0.15, 0.2) is 18.2 Å². The topological polar surface area (TPSA) is 49.3 Å². The second kappa shape index (κ2) is 9.17. The van der Waals surface area contributed by atoms with Crippen molar-refractivity contribution in [3.63, 3.8) is 0 Å². The lowest BCUT2D eigenvalue weighted by Gasteiger charge is -2.08. The Balaban J connectivity index is 2.68. The van der Waals surface area contributed by atoms with Gasteiger partial charge >= 0.3 is 0 Å². The zero-order valence-electron chi connectivity index (χ0n) is 12.3. The smallest absolute Gasteiger partial charge is 0.252 e. The summed E-state index contributed by atoms with van der Waals surface area (Å²) in [6, 6.07) is 5.58. The number of aliphatic hydroxyl groups excluding tert-OH is 1. The maximum Gasteiger partial charge on any atom is 0.252 e. The number of benzene rings is 1. The van der Waals surface area contributed by atoms with Gasteiger partial charge in [-0.15, -0.1) is 0 Å². The maximum absolute atomic E-state index is 12.2. The lowest BCUT2D eigenvalue weighted by Crippen LogP contribution is -2.25. The van der Waals surface area contributed by atoms with Gasteiger partial charge in [-0.1, -0.05) is 49.7 Å². The van der Waals surface area contributed by atoms with E-state index in [1.165, 1.54) is 12.8 Å². The molecule has 0 unspecified atom stereocenters. The molecule has 108 valence electrons. The third-order valence-corrected chi connectivity index (χ3v) is 3.04. The van der Waals surface area contributed by atoms with Crippen LogP contribution < -0.4 is 5.32 Å². The summed E-state index contributed by atoms with van der Waals surface area (Å²) in [7, 11) is 0. The number of hydrogen-bond acceptors (Lipinski definition) is 2. The van der Waals surface area contributed by atoms with Crippen LogP contribution in [0.25, 0.3) is 0 Å². The highest BCUT2D eigenvalue weighted by Gasteiger charge is 2.09. The fourth-order valence-corrected chi connectivity index (χ4v) is 1.94. The summed E-state index contributed by atoms with van der Waals surface area (Å²) in [6.07, 6.45) is 4.53. The number of rotatable bonds is 6. The maximum atomic E-state index is 12.2. The van der Waals surface area contributed by atoms with Gasteiger partial charge in [0, 0.05) is 12.1 Å². The van der Waals surface area contributed by atoms with E-state index < -0.39 is 0 Å². The number of aryl methyl sites for hydroxylation is 1. The highest BCUT2D eigenvalue weighted by Crippen LogP contribution is 2.11. The molecule has 1 amide bonds. The molecule has 0 bridgehead atoms. The van der Waals surface area contributed by atoms with E-state index in [2.05, 4.69) is 24.1 Å². The molecular formula is C17H23NO2. The molecule has 0 saturated carbocycles. The van der Waals surface area contributed by atoms with E-state index in [1.807, 2.05) is 25.1 Å². The molecule has 2 N–H and O–H groups in total. The van der Waals surface area contributed by atoms with Crippen LogP contribution in [0.2, 0.25) is 0 Å². The lowest BCUT2D eigenvalue weighted by molar-refractivity contribution is 0.0952. The fourth-order valence-electron chi connectivity index (χ4n) is 1.94. The quantitative estimate of drug-likeness (QED) is 0.618. The standard InChI is InChI=1S/C17H23NO2/c1-3-4-5-6-11-18-17(20)16-13-14(2)9-10-15(16)8-7-12-19/h9-10,13,19H,3-6,11-12H2,1-2H3,(H,18,20). The third-order valence-electron chi connectivity index (χ3n) is 3.04. The number of amides is 1. The van der Waals surface area contributed by atoms with E-state index in [1.54, 1.807) is 0 Å². The van der Waals surface area contributed by atoms with Crippen LogP contribution >= 0.6 is 0 Å². The van der Waals surface area contributed by atoms with Gasteiger partial charge in [0.15, 0.2) is 0 Å². The Morgan fingerprint density at radius 2 is 2.10 bits per heavy atom. The van der Waals surface area contributed by atoms with Crippen molar-refractivity contribution in [3.8, 4) is 11.8 Å². The Kier molecular flexibility index (Phi) is 7.46. The van der Waals surface area contributed by atoms with Gasteiger partial charge in [0.25, 0.3) is 5.91 Å². The van der Waals surface area contributed by atoms with Crippen LogP contribution in [0.4, 0.5) is 0 Å². The van der Waals surface area contributed by atoms with Crippen molar-refractivity contribution in [3.05, 3.63) is 34.9 Å². The Bertz CT molecular complexity index is 497.